The lowest BCUT2D eigenvalue weighted by atomic mass is 10.2. The van der Waals surface area contributed by atoms with Crippen molar-refractivity contribution in [1.82, 2.24) is 14.3 Å². The van der Waals surface area contributed by atoms with E-state index in [1.807, 2.05) is 32.9 Å². The number of hydrogen-bond donors (Lipinski definition) is 1. The average molecular weight is 503 g/mol. The van der Waals surface area contributed by atoms with Crippen LogP contribution in [-0.4, -0.2) is 53.9 Å². The highest BCUT2D eigenvalue weighted by molar-refractivity contribution is 7.89. The Bertz CT molecular complexity index is 1450. The van der Waals surface area contributed by atoms with Gasteiger partial charge in [0.25, 0.3) is 5.91 Å². The topological polar surface area (TPSA) is 101 Å². The van der Waals surface area contributed by atoms with Crippen LogP contribution in [0.3, 0.4) is 0 Å². The molecule has 1 aliphatic rings. The second kappa shape index (κ2) is 8.41. The number of rotatable bonds is 4. The molecule has 172 valence electrons. The van der Waals surface area contributed by atoms with Crippen LogP contribution in [0.1, 0.15) is 29.2 Å². The Morgan fingerprint density at radius 1 is 1.06 bits per heavy atom. The van der Waals surface area contributed by atoms with Gasteiger partial charge < -0.3 is 4.74 Å². The predicted molar refractivity (Wildman–Crippen MR) is 131 cm³/mol. The summed E-state index contributed by atoms with van der Waals surface area (Å²) < 4.78 is 35.1. The van der Waals surface area contributed by atoms with Gasteiger partial charge in [-0.3, -0.25) is 10.1 Å². The number of aromatic nitrogens is 2. The second-order valence-electron chi connectivity index (χ2n) is 8.07. The van der Waals surface area contributed by atoms with Gasteiger partial charge in [0, 0.05) is 18.7 Å². The third-order valence-corrected chi connectivity index (χ3v) is 9.16. The molecule has 2 aromatic heterocycles. The summed E-state index contributed by atoms with van der Waals surface area (Å²) in [5.41, 5.74) is 2.03. The van der Waals surface area contributed by atoms with E-state index < -0.39 is 10.0 Å². The van der Waals surface area contributed by atoms with Crippen molar-refractivity contribution in [1.29, 1.82) is 0 Å². The average Bonchev–Trinajstić information content (AvgIpc) is 3.35. The van der Waals surface area contributed by atoms with Crippen LogP contribution in [0.4, 0.5) is 5.13 Å². The maximum Gasteiger partial charge on any atom is 0.257 e. The van der Waals surface area contributed by atoms with Crippen molar-refractivity contribution in [3.63, 3.8) is 0 Å². The first-order valence-electron chi connectivity index (χ1n) is 10.4. The van der Waals surface area contributed by atoms with Crippen LogP contribution in [-0.2, 0) is 14.8 Å². The first-order chi connectivity index (χ1) is 15.7. The maximum absolute atomic E-state index is 13.0. The van der Waals surface area contributed by atoms with E-state index in [0.29, 0.717) is 23.8 Å². The van der Waals surface area contributed by atoms with Crippen LogP contribution in [0.5, 0.6) is 0 Å². The number of aryl methyl sites for hydroxylation is 1. The highest BCUT2D eigenvalue weighted by Crippen LogP contribution is 2.34. The lowest BCUT2D eigenvalue weighted by Gasteiger charge is -2.34. The van der Waals surface area contributed by atoms with Crippen LogP contribution in [0.15, 0.2) is 41.3 Å². The molecular formula is C22H22N4O4S3. The fourth-order valence-corrected chi connectivity index (χ4v) is 7.41. The fourth-order valence-electron chi connectivity index (χ4n) is 3.96. The molecule has 3 heterocycles. The number of morpholine rings is 1. The Balaban J connectivity index is 1.35. The molecule has 2 atom stereocenters. The maximum atomic E-state index is 13.0. The number of nitrogens with zero attached hydrogens (tertiary/aromatic N) is 3. The van der Waals surface area contributed by atoms with Gasteiger partial charge in [0.1, 0.15) is 5.52 Å². The van der Waals surface area contributed by atoms with E-state index in [1.54, 1.807) is 11.3 Å². The molecule has 0 saturated carbocycles. The van der Waals surface area contributed by atoms with Gasteiger partial charge >= 0.3 is 0 Å². The number of amides is 1. The summed E-state index contributed by atoms with van der Waals surface area (Å²) in [6.45, 7) is 6.28. The monoisotopic (exact) mass is 502 g/mol. The number of nitrogens with one attached hydrogen (secondary N) is 1. The minimum Gasteiger partial charge on any atom is -0.373 e. The van der Waals surface area contributed by atoms with E-state index in [-0.39, 0.29) is 23.0 Å². The molecule has 5 rings (SSSR count). The summed E-state index contributed by atoms with van der Waals surface area (Å²) in [5.74, 6) is -0.350. The van der Waals surface area contributed by atoms with Crippen LogP contribution in [0.2, 0.25) is 0 Å². The summed E-state index contributed by atoms with van der Waals surface area (Å²) in [6, 6.07) is 9.89. The molecule has 1 aliphatic heterocycles. The van der Waals surface area contributed by atoms with Gasteiger partial charge in [0.2, 0.25) is 10.0 Å². The van der Waals surface area contributed by atoms with Crippen LogP contribution < -0.4 is 5.32 Å². The Kier molecular flexibility index (Phi) is 5.69. The van der Waals surface area contributed by atoms with E-state index >= 15 is 0 Å². The second-order valence-corrected chi connectivity index (χ2v) is 12.2. The molecule has 33 heavy (non-hydrogen) atoms. The number of benzene rings is 2. The molecule has 2 aromatic carbocycles. The van der Waals surface area contributed by atoms with Gasteiger partial charge in [-0.25, -0.2) is 18.4 Å². The molecule has 11 heteroatoms. The number of anilines is 1. The summed E-state index contributed by atoms with van der Waals surface area (Å²) >= 11 is 3.00. The van der Waals surface area contributed by atoms with Gasteiger partial charge in [0.05, 0.1) is 37.0 Å². The van der Waals surface area contributed by atoms with Crippen molar-refractivity contribution in [2.24, 2.45) is 0 Å². The molecule has 1 amide bonds. The normalized spacial score (nSPS) is 19.8. The fraction of sp³-hybridized carbons (Fsp3) is 0.318. The lowest BCUT2D eigenvalue weighted by Crippen LogP contribution is -2.48. The van der Waals surface area contributed by atoms with Gasteiger partial charge in [0.15, 0.2) is 5.13 Å². The van der Waals surface area contributed by atoms with E-state index in [9.17, 15) is 13.2 Å². The number of thiazole rings is 2. The van der Waals surface area contributed by atoms with Crippen LogP contribution in [0.25, 0.3) is 20.4 Å². The van der Waals surface area contributed by atoms with Gasteiger partial charge in [-0.15, -0.1) is 11.3 Å². The number of ether oxygens (including phenoxy) is 1. The highest BCUT2D eigenvalue weighted by atomic mass is 32.2. The molecule has 2 unspecified atom stereocenters. The van der Waals surface area contributed by atoms with E-state index in [2.05, 4.69) is 15.3 Å². The molecular weight excluding hydrogens is 480 g/mol. The minimum atomic E-state index is -3.66. The summed E-state index contributed by atoms with van der Waals surface area (Å²) in [4.78, 5) is 22.0. The molecule has 8 nitrogen and oxygen atoms in total. The zero-order chi connectivity index (χ0) is 23.3. The highest BCUT2D eigenvalue weighted by Gasteiger charge is 2.32. The smallest absolute Gasteiger partial charge is 0.257 e. The van der Waals surface area contributed by atoms with Gasteiger partial charge in [-0.1, -0.05) is 11.3 Å². The molecule has 1 N–H and O–H groups in total. The van der Waals surface area contributed by atoms with Crippen molar-refractivity contribution >= 4 is 64.2 Å². The Morgan fingerprint density at radius 2 is 1.76 bits per heavy atom. The Hall–Kier alpha value is -2.44. The van der Waals surface area contributed by atoms with E-state index in [0.717, 1.165) is 25.4 Å². The third-order valence-electron chi connectivity index (χ3n) is 5.38. The first kappa shape index (κ1) is 22.4. The molecule has 4 aromatic rings. The molecule has 1 fully saturated rings. The number of hydrogen-bond acceptors (Lipinski definition) is 8. The summed E-state index contributed by atoms with van der Waals surface area (Å²) in [5, 5.41) is 4.27. The quantitative estimate of drug-likeness (QED) is 0.447. The largest absolute Gasteiger partial charge is 0.373 e. The van der Waals surface area contributed by atoms with Crippen molar-refractivity contribution < 1.29 is 17.9 Å². The summed E-state index contributed by atoms with van der Waals surface area (Å²) in [6.07, 6.45) is -0.339. The SMILES string of the molecule is Cc1nc2c(ccc3nc(NC(=O)c4ccc(S(=O)(=O)N5CC(C)OC(C)C5)cc4)sc32)s1. The number of carbonyl (C=O) groups is 1. The van der Waals surface area contributed by atoms with Crippen molar-refractivity contribution in [2.45, 2.75) is 37.9 Å². The van der Waals surface area contributed by atoms with E-state index in [1.165, 1.54) is 39.9 Å². The predicted octanol–water partition coefficient (Wildman–Crippen LogP) is 4.26. The molecule has 0 bridgehead atoms. The van der Waals surface area contributed by atoms with Crippen molar-refractivity contribution in [3.05, 3.63) is 47.0 Å². The number of fused-ring (bicyclic) bond motifs is 3. The standard InChI is InChI=1S/C22H22N4O4S3/c1-12-10-26(11-13(2)30-12)33(28,29)16-6-4-15(5-7-16)21(27)25-22-24-17-8-9-18-19(20(17)32-22)23-14(3)31-18/h4-9,12-13H,10-11H2,1-3H3,(H,24,25,27). The van der Waals surface area contributed by atoms with Crippen molar-refractivity contribution in [3.8, 4) is 0 Å². The lowest BCUT2D eigenvalue weighted by molar-refractivity contribution is -0.0440. The third kappa shape index (κ3) is 4.26. The minimum absolute atomic E-state index is 0.154. The molecule has 0 aliphatic carbocycles. The Labute approximate surface area is 199 Å². The summed E-state index contributed by atoms with van der Waals surface area (Å²) in [7, 11) is -3.66. The number of sulfonamides is 1. The number of carbonyl (C=O) groups excluding carboxylic acids is 1. The van der Waals surface area contributed by atoms with Gasteiger partial charge in [-0.05, 0) is 57.2 Å². The first-order valence-corrected chi connectivity index (χ1v) is 13.5. The van der Waals surface area contributed by atoms with Crippen LogP contribution >= 0.6 is 22.7 Å². The van der Waals surface area contributed by atoms with E-state index in [4.69, 9.17) is 4.74 Å². The molecule has 0 radical (unpaired) electrons. The molecule has 1 saturated heterocycles. The zero-order valence-electron chi connectivity index (χ0n) is 18.2. The molecule has 0 spiro atoms. The zero-order valence-corrected chi connectivity index (χ0v) is 20.7. The Morgan fingerprint density at radius 3 is 2.45 bits per heavy atom. The van der Waals surface area contributed by atoms with Gasteiger partial charge in [-0.2, -0.15) is 4.31 Å². The van der Waals surface area contributed by atoms with Crippen LogP contribution in [0, 0.1) is 6.92 Å². The van der Waals surface area contributed by atoms with Crippen molar-refractivity contribution in [2.75, 3.05) is 18.4 Å².